The van der Waals surface area contributed by atoms with E-state index in [0.717, 1.165) is 54.6 Å². The van der Waals surface area contributed by atoms with Crippen LogP contribution >= 0.6 is 0 Å². The van der Waals surface area contributed by atoms with Crippen LogP contribution in [0.3, 0.4) is 0 Å². The second kappa shape index (κ2) is 8.71. The fourth-order valence-electron chi connectivity index (χ4n) is 3.20. The van der Waals surface area contributed by atoms with Gasteiger partial charge < -0.3 is 16.0 Å². The summed E-state index contributed by atoms with van der Waals surface area (Å²) in [7, 11) is 0. The Balaban J connectivity index is 1.74. The lowest BCUT2D eigenvalue weighted by Gasteiger charge is -2.23. The highest BCUT2D eigenvalue weighted by Gasteiger charge is 2.23. The SMILES string of the molecule is C=C/C(=C\N)C(=C)Nc1ccc(C)nc1N1CCN(Cc2ccc(F)cc2)C1. The number of pyridine rings is 1. The molecule has 0 radical (unpaired) electrons. The second-order valence-electron chi connectivity index (χ2n) is 6.84. The molecular formula is C22H26FN5. The van der Waals surface area contributed by atoms with E-state index in [1.54, 1.807) is 6.08 Å². The maximum atomic E-state index is 13.1. The first-order chi connectivity index (χ1) is 13.5. The largest absolute Gasteiger partial charge is 0.404 e. The van der Waals surface area contributed by atoms with Crippen LogP contribution in [0.4, 0.5) is 15.9 Å². The number of nitrogens with zero attached hydrogens (tertiary/aromatic N) is 3. The number of rotatable bonds is 7. The molecule has 0 aliphatic carbocycles. The van der Waals surface area contributed by atoms with Crippen LogP contribution in [0.15, 0.2) is 73.1 Å². The lowest BCUT2D eigenvalue weighted by Crippen LogP contribution is -2.26. The smallest absolute Gasteiger partial charge is 0.153 e. The molecule has 0 amide bonds. The van der Waals surface area contributed by atoms with Gasteiger partial charge in [0.2, 0.25) is 0 Å². The Labute approximate surface area is 165 Å². The molecule has 0 atom stereocenters. The number of anilines is 2. The number of nitrogens with one attached hydrogen (secondary N) is 1. The van der Waals surface area contributed by atoms with E-state index in [9.17, 15) is 4.39 Å². The molecule has 1 fully saturated rings. The molecule has 5 nitrogen and oxygen atoms in total. The summed E-state index contributed by atoms with van der Waals surface area (Å²) in [5, 5.41) is 3.31. The van der Waals surface area contributed by atoms with Crippen LogP contribution in [0.2, 0.25) is 0 Å². The monoisotopic (exact) mass is 379 g/mol. The van der Waals surface area contributed by atoms with Gasteiger partial charge >= 0.3 is 0 Å². The van der Waals surface area contributed by atoms with Crippen LogP contribution in [-0.4, -0.2) is 29.6 Å². The van der Waals surface area contributed by atoms with Crippen LogP contribution in [0.1, 0.15) is 11.3 Å². The molecule has 1 saturated heterocycles. The van der Waals surface area contributed by atoms with Crippen molar-refractivity contribution in [1.82, 2.24) is 9.88 Å². The summed E-state index contributed by atoms with van der Waals surface area (Å²) in [6.07, 6.45) is 3.14. The molecule has 146 valence electrons. The minimum atomic E-state index is -0.211. The van der Waals surface area contributed by atoms with Gasteiger partial charge in [0.05, 0.1) is 12.4 Å². The molecule has 1 aromatic heterocycles. The molecule has 3 rings (SSSR count). The third-order valence-electron chi connectivity index (χ3n) is 4.72. The average Bonchev–Trinajstić information content (AvgIpc) is 3.14. The van der Waals surface area contributed by atoms with Crippen molar-refractivity contribution in [3.05, 3.63) is 90.2 Å². The van der Waals surface area contributed by atoms with E-state index in [4.69, 9.17) is 10.7 Å². The van der Waals surface area contributed by atoms with Crippen molar-refractivity contribution in [2.24, 2.45) is 5.73 Å². The predicted octanol–water partition coefficient (Wildman–Crippen LogP) is 3.76. The van der Waals surface area contributed by atoms with Gasteiger partial charge in [-0.05, 0) is 36.8 Å². The number of nitrogens with two attached hydrogens (primary N) is 1. The van der Waals surface area contributed by atoms with Crippen molar-refractivity contribution >= 4 is 11.5 Å². The fourth-order valence-corrected chi connectivity index (χ4v) is 3.20. The van der Waals surface area contributed by atoms with Crippen LogP contribution in [0.25, 0.3) is 0 Å². The minimum Gasteiger partial charge on any atom is -0.404 e. The van der Waals surface area contributed by atoms with Crippen molar-refractivity contribution in [3.63, 3.8) is 0 Å². The zero-order valence-electron chi connectivity index (χ0n) is 16.2. The normalized spacial score (nSPS) is 14.9. The molecule has 0 spiro atoms. The van der Waals surface area contributed by atoms with Crippen molar-refractivity contribution in [1.29, 1.82) is 0 Å². The van der Waals surface area contributed by atoms with Crippen LogP contribution in [0, 0.1) is 12.7 Å². The van der Waals surface area contributed by atoms with Crippen LogP contribution in [0.5, 0.6) is 0 Å². The standard InChI is InChI=1S/C22H26FN5/c1-4-19(13-24)17(3)26-21-10-5-16(2)25-22(21)28-12-11-27(15-28)14-18-6-8-20(23)9-7-18/h4-10,13,26H,1,3,11-12,14-15,24H2,2H3/b19-13+. The van der Waals surface area contributed by atoms with Crippen molar-refractivity contribution in [2.45, 2.75) is 13.5 Å². The molecule has 2 heterocycles. The maximum Gasteiger partial charge on any atom is 0.153 e. The van der Waals surface area contributed by atoms with Crippen molar-refractivity contribution in [2.75, 3.05) is 30.0 Å². The lowest BCUT2D eigenvalue weighted by atomic mass is 10.2. The quantitative estimate of drug-likeness (QED) is 0.718. The van der Waals surface area contributed by atoms with Crippen molar-refractivity contribution in [3.8, 4) is 0 Å². The van der Waals surface area contributed by atoms with E-state index in [0.29, 0.717) is 5.70 Å². The highest BCUT2D eigenvalue weighted by molar-refractivity contribution is 5.70. The first-order valence-corrected chi connectivity index (χ1v) is 9.20. The van der Waals surface area contributed by atoms with Crippen LogP contribution in [-0.2, 0) is 6.54 Å². The number of hydrogen-bond donors (Lipinski definition) is 2. The first kappa shape index (κ1) is 19.6. The Morgan fingerprint density at radius 1 is 1.25 bits per heavy atom. The van der Waals surface area contributed by atoms with E-state index in [1.165, 1.54) is 18.3 Å². The second-order valence-corrected chi connectivity index (χ2v) is 6.84. The van der Waals surface area contributed by atoms with Crippen molar-refractivity contribution < 1.29 is 4.39 Å². The summed E-state index contributed by atoms with van der Waals surface area (Å²) in [5.41, 5.74) is 9.96. The molecule has 0 saturated carbocycles. The molecule has 3 N–H and O–H groups in total. The molecule has 0 bridgehead atoms. The van der Waals surface area contributed by atoms with Gasteiger partial charge in [0, 0.05) is 42.8 Å². The minimum absolute atomic E-state index is 0.211. The number of aromatic nitrogens is 1. The molecule has 28 heavy (non-hydrogen) atoms. The number of aryl methyl sites for hydroxylation is 1. The summed E-state index contributed by atoms with van der Waals surface area (Å²) in [6, 6.07) is 10.6. The molecule has 1 aromatic carbocycles. The number of hydrogen-bond acceptors (Lipinski definition) is 5. The molecule has 2 aromatic rings. The van der Waals surface area contributed by atoms with Gasteiger partial charge in [-0.15, -0.1) is 0 Å². The summed E-state index contributed by atoms with van der Waals surface area (Å²) >= 11 is 0. The van der Waals surface area contributed by atoms with Gasteiger partial charge in [-0.1, -0.05) is 31.4 Å². The molecule has 1 aliphatic heterocycles. The Hall–Kier alpha value is -3.12. The van der Waals surface area contributed by atoms with Gasteiger partial charge in [0.25, 0.3) is 0 Å². The zero-order chi connectivity index (χ0) is 20.1. The van der Waals surface area contributed by atoms with Gasteiger partial charge in [0.15, 0.2) is 5.82 Å². The summed E-state index contributed by atoms with van der Waals surface area (Å²) in [4.78, 5) is 9.28. The third-order valence-corrected chi connectivity index (χ3v) is 4.72. The van der Waals surface area contributed by atoms with E-state index in [-0.39, 0.29) is 5.82 Å². The Bertz CT molecular complexity index is 888. The summed E-state index contributed by atoms with van der Waals surface area (Å²) in [6.45, 7) is 13.1. The molecule has 0 unspecified atom stereocenters. The Morgan fingerprint density at radius 2 is 2.00 bits per heavy atom. The number of halogens is 1. The summed E-state index contributed by atoms with van der Waals surface area (Å²) in [5.74, 6) is 0.667. The van der Waals surface area contributed by atoms with Gasteiger partial charge in [-0.2, -0.15) is 0 Å². The van der Waals surface area contributed by atoms with Gasteiger partial charge in [-0.25, -0.2) is 9.37 Å². The summed E-state index contributed by atoms with van der Waals surface area (Å²) < 4.78 is 13.1. The average molecular weight is 379 g/mol. The zero-order valence-corrected chi connectivity index (χ0v) is 16.2. The highest BCUT2D eigenvalue weighted by Crippen LogP contribution is 2.28. The maximum absolute atomic E-state index is 13.1. The fraction of sp³-hybridized carbons (Fsp3) is 0.227. The highest BCUT2D eigenvalue weighted by atomic mass is 19.1. The number of benzene rings is 1. The van der Waals surface area contributed by atoms with E-state index < -0.39 is 0 Å². The van der Waals surface area contributed by atoms with Crippen LogP contribution < -0.4 is 16.0 Å². The topological polar surface area (TPSA) is 57.4 Å². The Kier molecular flexibility index (Phi) is 6.11. The first-order valence-electron chi connectivity index (χ1n) is 9.20. The van der Waals surface area contributed by atoms with Gasteiger partial charge in [-0.3, -0.25) is 4.90 Å². The van der Waals surface area contributed by atoms with E-state index in [1.807, 2.05) is 31.2 Å². The molecular weight excluding hydrogens is 353 g/mol. The van der Waals surface area contributed by atoms with Gasteiger partial charge in [0.1, 0.15) is 5.82 Å². The number of allylic oxidation sites excluding steroid dienone is 1. The molecule has 1 aliphatic rings. The Morgan fingerprint density at radius 3 is 2.68 bits per heavy atom. The lowest BCUT2D eigenvalue weighted by molar-refractivity contribution is 0.333. The molecule has 6 heteroatoms. The predicted molar refractivity (Wildman–Crippen MR) is 113 cm³/mol. The third kappa shape index (κ3) is 4.58. The van der Waals surface area contributed by atoms with E-state index >= 15 is 0 Å². The van der Waals surface area contributed by atoms with E-state index in [2.05, 4.69) is 28.3 Å².